The molecule has 0 saturated carbocycles. The SMILES string of the molecule is CNCCC1C(=O)c2[nH]c(CCc3ccccc3)nc2C2=C1C(=O)C(C)(C)N=C2. The second-order valence-electron chi connectivity index (χ2n) is 8.18. The predicted octanol–water partition coefficient (Wildman–Crippen LogP) is 2.80. The number of Topliss-reactive ketones (excluding diaryl/α,β-unsaturated/α-hetero) is 2. The van der Waals surface area contributed by atoms with Gasteiger partial charge in [-0.15, -0.1) is 0 Å². The summed E-state index contributed by atoms with van der Waals surface area (Å²) in [5.41, 5.74) is 2.72. The number of ketones is 2. The van der Waals surface area contributed by atoms with Gasteiger partial charge in [0.2, 0.25) is 0 Å². The number of rotatable bonds is 6. The zero-order valence-electron chi connectivity index (χ0n) is 17.1. The van der Waals surface area contributed by atoms with Crippen molar-refractivity contribution in [3.05, 3.63) is 58.7 Å². The van der Waals surface area contributed by atoms with Gasteiger partial charge < -0.3 is 10.3 Å². The molecule has 1 aliphatic heterocycles. The van der Waals surface area contributed by atoms with Gasteiger partial charge in [0.05, 0.1) is 5.92 Å². The van der Waals surface area contributed by atoms with Crippen LogP contribution in [0.4, 0.5) is 0 Å². The van der Waals surface area contributed by atoms with Crippen LogP contribution in [-0.2, 0) is 17.6 Å². The minimum absolute atomic E-state index is 0.0492. The van der Waals surface area contributed by atoms with Crippen LogP contribution in [0.5, 0.6) is 0 Å². The summed E-state index contributed by atoms with van der Waals surface area (Å²) < 4.78 is 0. The van der Waals surface area contributed by atoms with Gasteiger partial charge in [0, 0.05) is 23.8 Å². The summed E-state index contributed by atoms with van der Waals surface area (Å²) in [5.74, 6) is 0.167. The molecule has 6 heteroatoms. The lowest BCUT2D eigenvalue weighted by Crippen LogP contribution is -2.41. The number of allylic oxidation sites excluding steroid dienone is 1. The Morgan fingerprint density at radius 2 is 1.90 bits per heavy atom. The summed E-state index contributed by atoms with van der Waals surface area (Å²) in [6.45, 7) is 4.24. The summed E-state index contributed by atoms with van der Waals surface area (Å²) in [6.07, 6.45) is 3.83. The molecule has 2 aliphatic rings. The first kappa shape index (κ1) is 19.5. The summed E-state index contributed by atoms with van der Waals surface area (Å²) in [5, 5.41) is 3.09. The standard InChI is InChI=1S/C23H26N4O2/c1-23(2)22(29)18-15(11-12-24-3)21(28)20-19(16(18)13-25-23)26-17(27-20)10-9-14-7-5-4-6-8-14/h4-8,13,15,24H,9-12H2,1-3H3,(H,26,27). The van der Waals surface area contributed by atoms with Crippen LogP contribution in [0.3, 0.4) is 0 Å². The van der Waals surface area contributed by atoms with Gasteiger partial charge in [0.25, 0.3) is 0 Å². The number of nitrogens with zero attached hydrogens (tertiary/aromatic N) is 2. The van der Waals surface area contributed by atoms with E-state index in [2.05, 4.69) is 27.4 Å². The van der Waals surface area contributed by atoms with E-state index in [-0.39, 0.29) is 11.6 Å². The maximum atomic E-state index is 13.3. The second kappa shape index (κ2) is 7.52. The van der Waals surface area contributed by atoms with E-state index < -0.39 is 11.5 Å². The molecule has 1 aliphatic carbocycles. The van der Waals surface area contributed by atoms with Crippen molar-refractivity contribution in [3.8, 4) is 0 Å². The smallest absolute Gasteiger partial charge is 0.188 e. The molecular formula is C23H26N4O2. The number of aromatic nitrogens is 2. The van der Waals surface area contributed by atoms with E-state index in [0.717, 1.165) is 12.2 Å². The van der Waals surface area contributed by atoms with Crippen molar-refractivity contribution in [2.75, 3.05) is 13.6 Å². The minimum atomic E-state index is -0.846. The molecule has 150 valence electrons. The number of benzene rings is 1. The summed E-state index contributed by atoms with van der Waals surface area (Å²) >= 11 is 0. The highest BCUT2D eigenvalue weighted by Crippen LogP contribution is 2.40. The molecule has 0 saturated heterocycles. The molecule has 0 bridgehead atoms. The molecular weight excluding hydrogens is 364 g/mol. The molecule has 0 radical (unpaired) electrons. The molecule has 2 N–H and O–H groups in total. The van der Waals surface area contributed by atoms with Gasteiger partial charge in [-0.1, -0.05) is 30.3 Å². The topological polar surface area (TPSA) is 87.2 Å². The minimum Gasteiger partial charge on any atom is -0.339 e. The Hall–Kier alpha value is -2.86. The highest BCUT2D eigenvalue weighted by Gasteiger charge is 2.45. The lowest BCUT2D eigenvalue weighted by Gasteiger charge is -2.32. The van der Waals surface area contributed by atoms with Crippen molar-refractivity contribution in [1.82, 2.24) is 15.3 Å². The number of nitrogens with one attached hydrogen (secondary N) is 2. The van der Waals surface area contributed by atoms with E-state index in [0.29, 0.717) is 41.9 Å². The van der Waals surface area contributed by atoms with E-state index in [9.17, 15) is 9.59 Å². The Morgan fingerprint density at radius 3 is 2.62 bits per heavy atom. The number of hydrogen-bond donors (Lipinski definition) is 2. The molecule has 0 amide bonds. The van der Waals surface area contributed by atoms with Crippen molar-refractivity contribution in [2.45, 2.75) is 38.6 Å². The fourth-order valence-corrected chi connectivity index (χ4v) is 4.03. The van der Waals surface area contributed by atoms with E-state index in [4.69, 9.17) is 4.98 Å². The van der Waals surface area contributed by atoms with E-state index in [1.165, 1.54) is 5.56 Å². The number of imidazole rings is 1. The number of carbonyl (C=O) groups is 2. The van der Waals surface area contributed by atoms with Crippen molar-refractivity contribution >= 4 is 23.4 Å². The molecule has 0 spiro atoms. The number of dihydropyridines is 1. The molecule has 1 aromatic heterocycles. The Labute approximate surface area is 170 Å². The Balaban J connectivity index is 1.71. The third-order valence-corrected chi connectivity index (χ3v) is 5.70. The van der Waals surface area contributed by atoms with Gasteiger partial charge in [-0.2, -0.15) is 0 Å². The number of hydrogen-bond acceptors (Lipinski definition) is 5. The number of H-pyrrole nitrogens is 1. The number of aryl methyl sites for hydroxylation is 2. The maximum Gasteiger partial charge on any atom is 0.188 e. The molecule has 1 atom stereocenters. The quantitative estimate of drug-likeness (QED) is 0.794. The fourth-order valence-electron chi connectivity index (χ4n) is 4.03. The summed E-state index contributed by atoms with van der Waals surface area (Å²) in [6, 6.07) is 10.2. The summed E-state index contributed by atoms with van der Waals surface area (Å²) in [4.78, 5) is 38.8. The van der Waals surface area contributed by atoms with Gasteiger partial charge >= 0.3 is 0 Å². The molecule has 29 heavy (non-hydrogen) atoms. The highest BCUT2D eigenvalue weighted by molar-refractivity contribution is 6.30. The van der Waals surface area contributed by atoms with Crippen LogP contribution in [0, 0.1) is 5.92 Å². The lowest BCUT2D eigenvalue weighted by atomic mass is 9.73. The molecule has 4 rings (SSSR count). The van der Waals surface area contributed by atoms with Crippen LogP contribution in [0.15, 0.2) is 40.9 Å². The van der Waals surface area contributed by atoms with Crippen molar-refractivity contribution < 1.29 is 9.59 Å². The maximum absolute atomic E-state index is 13.3. The zero-order chi connectivity index (χ0) is 20.6. The Morgan fingerprint density at radius 1 is 1.14 bits per heavy atom. The Kier molecular flexibility index (Phi) is 5.04. The molecule has 1 unspecified atom stereocenters. The number of aliphatic imine (C=N–C) groups is 1. The first-order valence-electron chi connectivity index (χ1n) is 10.1. The average Bonchev–Trinajstić information content (AvgIpc) is 3.15. The van der Waals surface area contributed by atoms with Crippen LogP contribution < -0.4 is 5.32 Å². The van der Waals surface area contributed by atoms with Gasteiger partial charge in [0.15, 0.2) is 11.6 Å². The summed E-state index contributed by atoms with van der Waals surface area (Å²) in [7, 11) is 1.85. The average molecular weight is 390 g/mol. The first-order chi connectivity index (χ1) is 13.9. The van der Waals surface area contributed by atoms with Crippen molar-refractivity contribution in [2.24, 2.45) is 10.9 Å². The van der Waals surface area contributed by atoms with Crippen molar-refractivity contribution in [1.29, 1.82) is 0 Å². The van der Waals surface area contributed by atoms with E-state index in [1.807, 2.05) is 25.2 Å². The van der Waals surface area contributed by atoms with Crippen LogP contribution in [0.1, 0.15) is 47.8 Å². The van der Waals surface area contributed by atoms with Crippen LogP contribution >= 0.6 is 0 Å². The van der Waals surface area contributed by atoms with Crippen LogP contribution in [-0.4, -0.2) is 46.9 Å². The second-order valence-corrected chi connectivity index (χ2v) is 8.18. The highest BCUT2D eigenvalue weighted by atomic mass is 16.1. The van der Waals surface area contributed by atoms with Gasteiger partial charge in [-0.25, -0.2) is 4.98 Å². The number of aromatic amines is 1. The fraction of sp³-hybridized carbons (Fsp3) is 0.391. The molecule has 0 fully saturated rings. The largest absolute Gasteiger partial charge is 0.339 e. The van der Waals surface area contributed by atoms with E-state index in [1.54, 1.807) is 20.1 Å². The van der Waals surface area contributed by atoms with Gasteiger partial charge in [0.1, 0.15) is 22.8 Å². The predicted molar refractivity (Wildman–Crippen MR) is 113 cm³/mol. The molecule has 6 nitrogen and oxygen atoms in total. The third kappa shape index (κ3) is 3.49. The monoisotopic (exact) mass is 390 g/mol. The number of fused-ring (bicyclic) bond motifs is 2. The molecule has 2 heterocycles. The van der Waals surface area contributed by atoms with Gasteiger partial charge in [-0.05, 0) is 45.8 Å². The molecule has 2 aromatic rings. The normalized spacial score (nSPS) is 20.0. The third-order valence-electron chi connectivity index (χ3n) is 5.70. The lowest BCUT2D eigenvalue weighted by molar-refractivity contribution is -0.119. The molecule has 1 aromatic carbocycles. The van der Waals surface area contributed by atoms with Crippen molar-refractivity contribution in [3.63, 3.8) is 0 Å². The zero-order valence-corrected chi connectivity index (χ0v) is 17.1. The Bertz CT molecular complexity index is 1010. The number of carbonyl (C=O) groups excluding carboxylic acids is 2. The first-order valence-corrected chi connectivity index (χ1v) is 10.1. The van der Waals surface area contributed by atoms with Gasteiger partial charge in [-0.3, -0.25) is 14.6 Å². The van der Waals surface area contributed by atoms with Crippen LogP contribution in [0.2, 0.25) is 0 Å². The van der Waals surface area contributed by atoms with E-state index >= 15 is 0 Å². The van der Waals surface area contributed by atoms with Crippen LogP contribution in [0.25, 0.3) is 5.57 Å².